The van der Waals surface area contributed by atoms with E-state index in [9.17, 15) is 56.3 Å². The highest BCUT2D eigenvalue weighted by atomic mass is 19.4. The lowest BCUT2D eigenvalue weighted by atomic mass is 9.78. The van der Waals surface area contributed by atoms with Gasteiger partial charge in [-0.3, -0.25) is 19.2 Å². The van der Waals surface area contributed by atoms with Gasteiger partial charge in [0.25, 0.3) is 11.8 Å². The first-order valence-corrected chi connectivity index (χ1v) is 15.2. The molecule has 50 heavy (non-hydrogen) atoms. The van der Waals surface area contributed by atoms with Gasteiger partial charge in [0.05, 0.1) is 31.2 Å². The number of carbonyl (C=O) groups is 4. The van der Waals surface area contributed by atoms with E-state index in [0.29, 0.717) is 0 Å². The molecule has 3 aromatic carbocycles. The number of carboxylic acids is 1. The number of nitrogens with one attached hydrogen (secondary N) is 2. The van der Waals surface area contributed by atoms with Crippen LogP contribution in [0.2, 0.25) is 0 Å². The maximum Gasteiger partial charge on any atom is 0.491 e. The second kappa shape index (κ2) is 13.5. The molecule has 0 saturated carbocycles. The smallest absolute Gasteiger partial charge is 0.481 e. The van der Waals surface area contributed by atoms with E-state index in [1.165, 1.54) is 12.1 Å². The van der Waals surface area contributed by atoms with Gasteiger partial charge in [-0.05, 0) is 59.3 Å². The first-order valence-electron chi connectivity index (χ1n) is 15.2. The highest BCUT2D eigenvalue weighted by Crippen LogP contribution is 2.31. The van der Waals surface area contributed by atoms with Crippen LogP contribution in [0.25, 0.3) is 0 Å². The summed E-state index contributed by atoms with van der Waals surface area (Å²) in [7, 11) is -2.98. The minimum atomic E-state index is -4.67. The number of halogens is 5. The highest BCUT2D eigenvalue weighted by molar-refractivity contribution is 6.62. The molecule has 0 bridgehead atoms. The number of fused-ring (bicyclic) bond motifs is 2. The Morgan fingerprint density at radius 2 is 1.46 bits per heavy atom. The third-order valence-corrected chi connectivity index (χ3v) is 8.81. The molecule has 3 aliphatic rings. The van der Waals surface area contributed by atoms with Crippen LogP contribution in [0.1, 0.15) is 61.9 Å². The molecule has 3 aliphatic heterocycles. The van der Waals surface area contributed by atoms with Crippen LogP contribution in [0.5, 0.6) is 0 Å². The number of amides is 3. The molecule has 1 fully saturated rings. The fraction of sp³-hybridized carbons (Fsp3) is 0.290. The van der Waals surface area contributed by atoms with Crippen molar-refractivity contribution in [1.82, 2.24) is 15.5 Å². The van der Waals surface area contributed by atoms with Crippen molar-refractivity contribution in [1.29, 1.82) is 0 Å². The molecule has 1 unspecified atom stereocenters. The van der Waals surface area contributed by atoms with Crippen LogP contribution in [-0.2, 0) is 38.3 Å². The van der Waals surface area contributed by atoms with Crippen LogP contribution in [-0.4, -0.2) is 76.6 Å². The van der Waals surface area contributed by atoms with Gasteiger partial charge < -0.3 is 40.0 Å². The molecule has 5 N–H and O–H groups in total. The Balaban J connectivity index is 1.28. The van der Waals surface area contributed by atoms with Crippen molar-refractivity contribution in [3.63, 3.8) is 0 Å². The van der Waals surface area contributed by atoms with Gasteiger partial charge in [0.15, 0.2) is 0 Å². The highest BCUT2D eigenvalue weighted by Gasteiger charge is 2.43. The number of rotatable bonds is 8. The third kappa shape index (κ3) is 6.94. The van der Waals surface area contributed by atoms with E-state index in [1.807, 2.05) is 0 Å². The number of nitrogens with zero attached hydrogens (tertiary/aromatic N) is 1. The average molecular weight is 701 g/mol. The average Bonchev–Trinajstić information content (AvgIpc) is 3.77. The number of likely N-dealkylation sites (tertiary alicyclic amines) is 1. The molecular formula is C31H26B2F5N3O9. The zero-order chi connectivity index (χ0) is 36.1. The summed E-state index contributed by atoms with van der Waals surface area (Å²) in [5.74, 6) is -5.73. The van der Waals surface area contributed by atoms with Gasteiger partial charge >= 0.3 is 26.4 Å². The van der Waals surface area contributed by atoms with Gasteiger partial charge in [-0.2, -0.15) is 13.2 Å². The summed E-state index contributed by atoms with van der Waals surface area (Å²) in [5.41, 5.74) is -1.32. The minimum Gasteiger partial charge on any atom is -0.481 e. The maximum atomic E-state index is 14.9. The molecule has 3 aromatic rings. The first-order chi connectivity index (χ1) is 23.6. The lowest BCUT2D eigenvalue weighted by Gasteiger charge is -2.26. The summed E-state index contributed by atoms with van der Waals surface area (Å²) in [6.07, 6.45) is -5.69. The lowest BCUT2D eigenvalue weighted by Crippen LogP contribution is -2.47. The maximum absolute atomic E-state index is 14.9. The van der Waals surface area contributed by atoms with Gasteiger partial charge in [-0.15, -0.1) is 0 Å². The van der Waals surface area contributed by atoms with Gasteiger partial charge in [0, 0.05) is 34.8 Å². The number of hydrogen-bond donors (Lipinski definition) is 5. The summed E-state index contributed by atoms with van der Waals surface area (Å²) in [6.45, 7) is -0.799. The number of benzene rings is 3. The zero-order valence-electron chi connectivity index (χ0n) is 25.7. The predicted octanol–water partition coefficient (Wildman–Crippen LogP) is 0.764. The number of alkyl halides is 3. The monoisotopic (exact) mass is 701 g/mol. The van der Waals surface area contributed by atoms with Gasteiger partial charge in [-0.25, -0.2) is 8.78 Å². The van der Waals surface area contributed by atoms with Crippen LogP contribution in [0.3, 0.4) is 0 Å². The molecule has 3 heterocycles. The largest absolute Gasteiger partial charge is 0.491 e. The summed E-state index contributed by atoms with van der Waals surface area (Å²) in [5, 5.41) is 34.7. The number of carboxylic acid groups (broad SMARTS) is 1. The number of carbonyl (C=O) groups excluding carboxylic acids is 3. The Hall–Kier alpha value is -4.84. The second-order valence-corrected chi connectivity index (χ2v) is 12.0. The molecule has 0 aromatic heterocycles. The normalized spacial score (nSPS) is 18.9. The Kier molecular flexibility index (Phi) is 9.43. The Labute approximate surface area is 280 Å². The summed E-state index contributed by atoms with van der Waals surface area (Å²) in [6, 6.07) is 3.95. The van der Waals surface area contributed by atoms with E-state index in [2.05, 4.69) is 10.6 Å². The number of hydrogen-bond acceptors (Lipinski definition) is 8. The van der Waals surface area contributed by atoms with Crippen LogP contribution in [0, 0.1) is 11.6 Å². The fourth-order valence-corrected chi connectivity index (χ4v) is 6.27. The zero-order valence-corrected chi connectivity index (χ0v) is 25.7. The van der Waals surface area contributed by atoms with Crippen molar-refractivity contribution in [2.75, 3.05) is 6.54 Å². The van der Waals surface area contributed by atoms with Crippen LogP contribution < -0.4 is 21.6 Å². The molecule has 0 aliphatic carbocycles. The fourth-order valence-electron chi connectivity index (χ4n) is 6.27. The second-order valence-electron chi connectivity index (χ2n) is 12.0. The van der Waals surface area contributed by atoms with Crippen molar-refractivity contribution in [2.24, 2.45) is 0 Å². The van der Waals surface area contributed by atoms with Crippen molar-refractivity contribution >= 4 is 48.9 Å². The van der Waals surface area contributed by atoms with E-state index in [-0.39, 0.29) is 64.9 Å². The standard InChI is InChI=1S/C31H26B2F5N3O9/c34-23-7-15(5-21-19(23)12-49-32(21)47)28(44)39-18-9-26(41(11-18)30(46)16-6-22-20(24(35)8-16)13-50-33(22)48)29(45)40-25(10-27(42)43)14-1-3-17(4-2-14)31(36,37)38/h1-8,18,25-26,47-48H,9-13H2,(H,39,44)(H,40,45)(H,42,43)/t18-,25?,26+/m1/s1. The van der Waals surface area contributed by atoms with E-state index >= 15 is 0 Å². The van der Waals surface area contributed by atoms with E-state index < -0.39 is 85.8 Å². The minimum absolute atomic E-state index is 0.00738. The van der Waals surface area contributed by atoms with Crippen molar-refractivity contribution < 1.29 is 65.6 Å². The van der Waals surface area contributed by atoms with Crippen molar-refractivity contribution in [3.8, 4) is 0 Å². The molecule has 1 saturated heterocycles. The van der Waals surface area contributed by atoms with Gasteiger partial charge in [-0.1, -0.05) is 12.1 Å². The van der Waals surface area contributed by atoms with E-state index in [1.54, 1.807) is 0 Å². The predicted molar refractivity (Wildman–Crippen MR) is 163 cm³/mol. The van der Waals surface area contributed by atoms with Crippen molar-refractivity contribution in [3.05, 3.63) is 93.5 Å². The topological polar surface area (TPSA) is 175 Å². The molecule has 0 spiro atoms. The Bertz CT molecular complexity index is 1880. The van der Waals surface area contributed by atoms with Crippen LogP contribution >= 0.6 is 0 Å². The molecule has 3 amide bonds. The summed E-state index contributed by atoms with van der Waals surface area (Å²) in [4.78, 5) is 53.5. The Morgan fingerprint density at radius 3 is 2.02 bits per heavy atom. The van der Waals surface area contributed by atoms with Crippen molar-refractivity contribution in [2.45, 2.75) is 50.4 Å². The summed E-state index contributed by atoms with van der Waals surface area (Å²) >= 11 is 0. The first kappa shape index (κ1) is 35.0. The molecule has 3 atom stereocenters. The molecule has 12 nitrogen and oxygen atoms in total. The van der Waals surface area contributed by atoms with E-state index in [0.717, 1.165) is 41.3 Å². The van der Waals surface area contributed by atoms with Gasteiger partial charge in [0.2, 0.25) is 5.91 Å². The van der Waals surface area contributed by atoms with Gasteiger partial charge in [0.1, 0.15) is 17.7 Å². The lowest BCUT2D eigenvalue weighted by molar-refractivity contribution is -0.139. The van der Waals surface area contributed by atoms with E-state index in [4.69, 9.17) is 9.31 Å². The SMILES string of the molecule is O=C(O)CC(NC(=O)[C@@H]1C[C@@H](NC(=O)c2cc(F)c3c(c2)B(O)OC3)CN1C(=O)c1cc(F)c2c(c1)B(O)OC2)c1ccc(C(F)(F)F)cc1. The van der Waals surface area contributed by atoms with Crippen LogP contribution in [0.15, 0.2) is 48.5 Å². The molecule has 19 heteroatoms. The number of aliphatic carboxylic acids is 1. The van der Waals surface area contributed by atoms with Crippen LogP contribution in [0.4, 0.5) is 22.0 Å². The third-order valence-electron chi connectivity index (χ3n) is 8.81. The quantitative estimate of drug-likeness (QED) is 0.168. The molecular weight excluding hydrogens is 675 g/mol. The molecule has 260 valence electrons. The summed E-state index contributed by atoms with van der Waals surface area (Å²) < 4.78 is 79.1. The molecule has 0 radical (unpaired) electrons. The Morgan fingerprint density at radius 1 is 0.900 bits per heavy atom. The molecule has 6 rings (SSSR count).